The van der Waals surface area contributed by atoms with E-state index in [1.807, 2.05) is 18.2 Å². The van der Waals surface area contributed by atoms with Crippen molar-refractivity contribution in [2.75, 3.05) is 11.9 Å². The minimum Gasteiger partial charge on any atom is -0.382 e. The van der Waals surface area contributed by atoms with Crippen LogP contribution in [0.1, 0.15) is 30.1 Å². The van der Waals surface area contributed by atoms with Crippen LogP contribution in [0.3, 0.4) is 0 Å². The molecule has 2 unspecified atom stereocenters. The highest BCUT2D eigenvalue weighted by Crippen LogP contribution is 2.26. The molecule has 0 aromatic heterocycles. The van der Waals surface area contributed by atoms with Crippen molar-refractivity contribution in [3.63, 3.8) is 0 Å². The maximum absolute atomic E-state index is 11.5. The smallest absolute Gasteiger partial charge is 0.251 e. The highest BCUT2D eigenvalue weighted by Gasteiger charge is 2.20. The molecule has 1 fully saturated rings. The van der Waals surface area contributed by atoms with E-state index >= 15 is 0 Å². The van der Waals surface area contributed by atoms with Gasteiger partial charge < -0.3 is 16.4 Å². The number of carbonyl (C=O) groups is 1. The van der Waals surface area contributed by atoms with Crippen molar-refractivity contribution >= 4 is 27.5 Å². The predicted molar refractivity (Wildman–Crippen MR) is 76.8 cm³/mol. The van der Waals surface area contributed by atoms with Gasteiger partial charge in [-0.05, 0) is 54.4 Å². The number of nitrogens with one attached hydrogen (secondary N) is 2. The maximum atomic E-state index is 11.5. The van der Waals surface area contributed by atoms with E-state index in [-0.39, 0.29) is 0 Å². The van der Waals surface area contributed by atoms with Gasteiger partial charge in [-0.25, -0.2) is 0 Å². The molecular weight excluding hydrogens is 294 g/mol. The Morgan fingerprint density at radius 2 is 2.33 bits per heavy atom. The first kappa shape index (κ1) is 13.4. The number of primary amides is 1. The van der Waals surface area contributed by atoms with E-state index in [1.54, 1.807) is 0 Å². The molecule has 1 aliphatic rings. The van der Waals surface area contributed by atoms with Gasteiger partial charge in [0.05, 0.1) is 5.56 Å². The highest BCUT2D eigenvalue weighted by molar-refractivity contribution is 9.10. The fraction of sp³-hybridized carbons (Fsp3) is 0.462. The summed E-state index contributed by atoms with van der Waals surface area (Å²) in [5, 5.41) is 6.84. The Kier molecular flexibility index (Phi) is 4.24. The molecule has 18 heavy (non-hydrogen) atoms. The number of amides is 1. The molecular formula is C13H18BrN3O. The average Bonchev–Trinajstić information content (AvgIpc) is 2.28. The van der Waals surface area contributed by atoms with Crippen LogP contribution in [0.15, 0.2) is 22.7 Å². The zero-order valence-corrected chi connectivity index (χ0v) is 12.0. The second-order valence-corrected chi connectivity index (χ2v) is 5.60. The number of anilines is 1. The summed E-state index contributed by atoms with van der Waals surface area (Å²) in [5.74, 6) is -0.410. The third-order valence-corrected chi connectivity index (χ3v) is 3.90. The molecule has 1 aromatic carbocycles. The summed E-state index contributed by atoms with van der Waals surface area (Å²) >= 11 is 3.37. The number of hydrogen-bond acceptors (Lipinski definition) is 3. The fourth-order valence-electron chi connectivity index (χ4n) is 2.38. The van der Waals surface area contributed by atoms with Crippen molar-refractivity contribution < 1.29 is 4.79 Å². The van der Waals surface area contributed by atoms with Crippen LogP contribution in [0.25, 0.3) is 0 Å². The first-order valence-corrected chi connectivity index (χ1v) is 6.95. The van der Waals surface area contributed by atoms with Crippen molar-refractivity contribution in [1.82, 2.24) is 5.32 Å². The van der Waals surface area contributed by atoms with Gasteiger partial charge in [-0.2, -0.15) is 0 Å². The molecule has 0 saturated carbocycles. The molecule has 2 atom stereocenters. The fourth-order valence-corrected chi connectivity index (χ4v) is 2.94. The zero-order valence-electron chi connectivity index (χ0n) is 10.4. The second-order valence-electron chi connectivity index (χ2n) is 4.75. The Morgan fingerprint density at radius 1 is 1.56 bits per heavy atom. The SMILES string of the molecule is CC1CC(Nc2cccc(Br)c2C(N)=O)CCN1. The first-order chi connectivity index (χ1) is 8.58. The lowest BCUT2D eigenvalue weighted by molar-refractivity contribution is 0.100. The minimum absolute atomic E-state index is 0.383. The van der Waals surface area contributed by atoms with Crippen LogP contribution in [-0.2, 0) is 0 Å². The van der Waals surface area contributed by atoms with E-state index < -0.39 is 5.91 Å². The summed E-state index contributed by atoms with van der Waals surface area (Å²) < 4.78 is 0.738. The summed E-state index contributed by atoms with van der Waals surface area (Å²) in [4.78, 5) is 11.5. The van der Waals surface area contributed by atoms with Crippen LogP contribution in [0.5, 0.6) is 0 Å². The molecule has 1 saturated heterocycles. The number of halogens is 1. The quantitative estimate of drug-likeness (QED) is 0.801. The van der Waals surface area contributed by atoms with Crippen molar-refractivity contribution in [1.29, 1.82) is 0 Å². The van der Waals surface area contributed by atoms with E-state index in [9.17, 15) is 4.79 Å². The summed E-state index contributed by atoms with van der Waals surface area (Å²) in [5.41, 5.74) is 6.77. The number of hydrogen-bond donors (Lipinski definition) is 3. The van der Waals surface area contributed by atoms with Crippen LogP contribution in [0.2, 0.25) is 0 Å². The summed E-state index contributed by atoms with van der Waals surface area (Å²) in [6.07, 6.45) is 2.10. The molecule has 1 heterocycles. The summed E-state index contributed by atoms with van der Waals surface area (Å²) in [6.45, 7) is 3.17. The van der Waals surface area contributed by atoms with Crippen LogP contribution in [0, 0.1) is 0 Å². The molecule has 0 radical (unpaired) electrons. The van der Waals surface area contributed by atoms with E-state index in [0.717, 1.165) is 29.5 Å². The Morgan fingerprint density at radius 3 is 3.00 bits per heavy atom. The molecule has 0 bridgehead atoms. The standard InChI is InChI=1S/C13H18BrN3O/c1-8-7-9(5-6-16-8)17-11-4-2-3-10(14)12(11)13(15)18/h2-4,8-9,16-17H,5-7H2,1H3,(H2,15,18). The van der Waals surface area contributed by atoms with Crippen molar-refractivity contribution in [3.8, 4) is 0 Å². The van der Waals surface area contributed by atoms with Crippen molar-refractivity contribution in [3.05, 3.63) is 28.2 Å². The average molecular weight is 312 g/mol. The van der Waals surface area contributed by atoms with Crippen molar-refractivity contribution in [2.24, 2.45) is 5.73 Å². The molecule has 4 nitrogen and oxygen atoms in total. The topological polar surface area (TPSA) is 67.1 Å². The van der Waals surface area contributed by atoms with Gasteiger partial charge in [0.2, 0.25) is 0 Å². The molecule has 0 spiro atoms. The molecule has 98 valence electrons. The van der Waals surface area contributed by atoms with E-state index in [1.165, 1.54) is 0 Å². The second kappa shape index (κ2) is 5.71. The molecule has 5 heteroatoms. The van der Waals surface area contributed by atoms with Gasteiger partial charge in [0, 0.05) is 22.2 Å². The number of carbonyl (C=O) groups excluding carboxylic acids is 1. The number of piperidine rings is 1. The van der Waals surface area contributed by atoms with Gasteiger partial charge in [0.1, 0.15) is 0 Å². The van der Waals surface area contributed by atoms with Gasteiger partial charge in [0.15, 0.2) is 0 Å². The predicted octanol–water partition coefficient (Wildman–Crippen LogP) is 2.10. The maximum Gasteiger partial charge on any atom is 0.251 e. The molecule has 2 rings (SSSR count). The zero-order chi connectivity index (χ0) is 13.1. The van der Waals surface area contributed by atoms with Gasteiger partial charge in [-0.15, -0.1) is 0 Å². The van der Waals surface area contributed by atoms with E-state index in [2.05, 4.69) is 33.5 Å². The van der Waals surface area contributed by atoms with E-state index in [0.29, 0.717) is 17.6 Å². The molecule has 0 aliphatic carbocycles. The summed E-state index contributed by atoms with van der Waals surface area (Å²) in [6, 6.07) is 6.52. The van der Waals surface area contributed by atoms with Crippen LogP contribution < -0.4 is 16.4 Å². The highest BCUT2D eigenvalue weighted by atomic mass is 79.9. The normalized spacial score (nSPS) is 23.7. The van der Waals surface area contributed by atoms with Crippen LogP contribution in [0.4, 0.5) is 5.69 Å². The Bertz CT molecular complexity index is 450. The minimum atomic E-state index is -0.410. The Labute approximate surface area is 115 Å². The van der Waals surface area contributed by atoms with Crippen molar-refractivity contribution in [2.45, 2.75) is 31.8 Å². The number of nitrogens with two attached hydrogens (primary N) is 1. The monoisotopic (exact) mass is 311 g/mol. The van der Waals surface area contributed by atoms with Gasteiger partial charge in [0.25, 0.3) is 5.91 Å². The summed E-state index contributed by atoms with van der Waals surface area (Å²) in [7, 11) is 0. The molecule has 4 N–H and O–H groups in total. The number of benzene rings is 1. The Balaban J connectivity index is 2.18. The lowest BCUT2D eigenvalue weighted by atomic mass is 10.00. The Hall–Kier alpha value is -1.07. The largest absolute Gasteiger partial charge is 0.382 e. The van der Waals surface area contributed by atoms with Crippen LogP contribution >= 0.6 is 15.9 Å². The third-order valence-electron chi connectivity index (χ3n) is 3.24. The molecule has 1 aromatic rings. The van der Waals surface area contributed by atoms with Gasteiger partial charge >= 0.3 is 0 Å². The first-order valence-electron chi connectivity index (χ1n) is 6.16. The van der Waals surface area contributed by atoms with Gasteiger partial charge in [-0.3, -0.25) is 4.79 Å². The lowest BCUT2D eigenvalue weighted by Crippen LogP contribution is -2.41. The lowest BCUT2D eigenvalue weighted by Gasteiger charge is -2.30. The number of rotatable bonds is 3. The molecule has 1 amide bonds. The van der Waals surface area contributed by atoms with Gasteiger partial charge in [-0.1, -0.05) is 6.07 Å². The van der Waals surface area contributed by atoms with E-state index in [4.69, 9.17) is 5.73 Å². The van der Waals surface area contributed by atoms with Crippen LogP contribution in [-0.4, -0.2) is 24.5 Å². The third kappa shape index (κ3) is 3.03. The molecule has 1 aliphatic heterocycles.